The molecule has 0 unspecified atom stereocenters. The maximum Gasteiger partial charge on any atom is 0.140 e. The molecule has 1 aromatic rings. The molecular weight excluding hydrogens is 250 g/mol. The van der Waals surface area contributed by atoms with Crippen LogP contribution in [0.25, 0.3) is 0 Å². The molecule has 0 spiro atoms. The van der Waals surface area contributed by atoms with E-state index in [1.54, 1.807) is 14.2 Å². The first kappa shape index (κ1) is 13.7. The Labute approximate surface area is 113 Å². The van der Waals surface area contributed by atoms with E-state index in [1.165, 1.54) is 31.2 Å². The summed E-state index contributed by atoms with van der Waals surface area (Å²) in [5.41, 5.74) is 5.22. The predicted octanol–water partition coefficient (Wildman–Crippen LogP) is 3.66. The van der Waals surface area contributed by atoms with Crippen molar-refractivity contribution in [2.24, 2.45) is 0 Å². The highest BCUT2D eigenvalue weighted by Gasteiger charge is 2.22. The van der Waals surface area contributed by atoms with Gasteiger partial charge >= 0.3 is 0 Å². The number of rotatable bonds is 5. The van der Waals surface area contributed by atoms with Gasteiger partial charge in [0.2, 0.25) is 0 Å². The van der Waals surface area contributed by atoms with Gasteiger partial charge in [0.25, 0.3) is 0 Å². The first-order valence-corrected chi connectivity index (χ1v) is 6.76. The summed E-state index contributed by atoms with van der Waals surface area (Å²) in [5, 5.41) is 0.690. The fourth-order valence-electron chi connectivity index (χ4n) is 2.69. The third-order valence-corrected chi connectivity index (χ3v) is 3.83. The number of halogens is 1. The maximum atomic E-state index is 6.30. The van der Waals surface area contributed by atoms with E-state index >= 15 is 0 Å². The number of hydrogen-bond donors (Lipinski definition) is 1. The number of ether oxygens (including phenoxy) is 1. The van der Waals surface area contributed by atoms with E-state index in [0.29, 0.717) is 17.5 Å². The molecule has 0 heterocycles. The Morgan fingerprint density at radius 2 is 2.00 bits per heavy atom. The van der Waals surface area contributed by atoms with Crippen molar-refractivity contribution in [2.75, 3.05) is 14.2 Å². The number of benzene rings is 1. The predicted molar refractivity (Wildman–Crippen MR) is 73.1 cm³/mol. The minimum atomic E-state index is 0.583. The maximum absolute atomic E-state index is 6.30. The standard InChI is InChI=1S/C14H20ClNO2/c1-17-14-12(11-5-3-4-6-11)7-10(8-13(14)15)9-16-18-2/h7-8,11,16H,3-6,9H2,1-2H3. The van der Waals surface area contributed by atoms with Crippen LogP contribution in [0.5, 0.6) is 5.75 Å². The Morgan fingerprint density at radius 1 is 1.28 bits per heavy atom. The topological polar surface area (TPSA) is 30.5 Å². The van der Waals surface area contributed by atoms with E-state index in [-0.39, 0.29) is 0 Å². The zero-order valence-electron chi connectivity index (χ0n) is 11.0. The highest BCUT2D eigenvalue weighted by atomic mass is 35.5. The molecule has 1 saturated carbocycles. The third-order valence-electron chi connectivity index (χ3n) is 3.55. The average Bonchev–Trinajstić information content (AvgIpc) is 2.89. The van der Waals surface area contributed by atoms with Gasteiger partial charge in [-0.2, -0.15) is 5.48 Å². The van der Waals surface area contributed by atoms with Crippen molar-refractivity contribution < 1.29 is 9.57 Å². The second-order valence-electron chi connectivity index (χ2n) is 4.71. The smallest absolute Gasteiger partial charge is 0.140 e. The number of hydroxylamine groups is 1. The Bertz CT molecular complexity index is 403. The van der Waals surface area contributed by atoms with E-state index in [9.17, 15) is 0 Å². The third kappa shape index (κ3) is 2.97. The molecule has 0 atom stereocenters. The van der Waals surface area contributed by atoms with Crippen LogP contribution in [-0.2, 0) is 11.4 Å². The Kier molecular flexibility index (Phi) is 4.87. The first-order chi connectivity index (χ1) is 8.76. The van der Waals surface area contributed by atoms with Crippen molar-refractivity contribution in [2.45, 2.75) is 38.1 Å². The molecule has 0 aromatic heterocycles. The molecule has 3 nitrogen and oxygen atoms in total. The highest BCUT2D eigenvalue weighted by molar-refractivity contribution is 6.32. The molecule has 18 heavy (non-hydrogen) atoms. The van der Waals surface area contributed by atoms with Gasteiger partial charge in [0.05, 0.1) is 19.2 Å². The Balaban J connectivity index is 2.30. The SMILES string of the molecule is CONCc1cc(Cl)c(OC)c(C2CCCC2)c1. The molecule has 100 valence electrons. The summed E-state index contributed by atoms with van der Waals surface area (Å²) in [6, 6.07) is 4.12. The molecule has 1 aliphatic carbocycles. The second-order valence-corrected chi connectivity index (χ2v) is 5.11. The van der Waals surface area contributed by atoms with Crippen LogP contribution < -0.4 is 10.2 Å². The summed E-state index contributed by atoms with van der Waals surface area (Å²) >= 11 is 6.30. The molecule has 0 aliphatic heterocycles. The van der Waals surface area contributed by atoms with Crippen LogP contribution in [0.1, 0.15) is 42.7 Å². The van der Waals surface area contributed by atoms with Crippen molar-refractivity contribution in [3.8, 4) is 5.75 Å². The van der Waals surface area contributed by atoms with Gasteiger partial charge in [-0.05, 0) is 36.0 Å². The lowest BCUT2D eigenvalue weighted by molar-refractivity contribution is 0.0867. The van der Waals surface area contributed by atoms with E-state index in [4.69, 9.17) is 21.2 Å². The molecule has 4 heteroatoms. The first-order valence-electron chi connectivity index (χ1n) is 6.38. The minimum Gasteiger partial charge on any atom is -0.495 e. The van der Waals surface area contributed by atoms with Gasteiger partial charge in [-0.15, -0.1) is 0 Å². The van der Waals surface area contributed by atoms with E-state index in [2.05, 4.69) is 11.5 Å². The van der Waals surface area contributed by atoms with Crippen LogP contribution in [0.15, 0.2) is 12.1 Å². The van der Waals surface area contributed by atoms with Gasteiger partial charge in [-0.1, -0.05) is 30.5 Å². The van der Waals surface area contributed by atoms with Crippen LogP contribution in [0.3, 0.4) is 0 Å². The van der Waals surface area contributed by atoms with Crippen LogP contribution >= 0.6 is 11.6 Å². The summed E-state index contributed by atoms with van der Waals surface area (Å²) in [6.07, 6.45) is 5.06. The summed E-state index contributed by atoms with van der Waals surface area (Å²) < 4.78 is 5.46. The van der Waals surface area contributed by atoms with Crippen LogP contribution in [-0.4, -0.2) is 14.2 Å². The van der Waals surface area contributed by atoms with Crippen LogP contribution in [0.4, 0.5) is 0 Å². The highest BCUT2D eigenvalue weighted by Crippen LogP contribution is 2.42. The molecule has 0 radical (unpaired) electrons. The largest absolute Gasteiger partial charge is 0.495 e. The van der Waals surface area contributed by atoms with Gasteiger partial charge in [0.15, 0.2) is 0 Å². The van der Waals surface area contributed by atoms with Gasteiger partial charge in [-0.3, -0.25) is 0 Å². The molecule has 0 amide bonds. The number of nitrogens with one attached hydrogen (secondary N) is 1. The monoisotopic (exact) mass is 269 g/mol. The summed E-state index contributed by atoms with van der Waals surface area (Å²) in [5.74, 6) is 1.42. The molecule has 1 aliphatic rings. The van der Waals surface area contributed by atoms with Crippen molar-refractivity contribution >= 4 is 11.6 Å². The molecule has 1 N–H and O–H groups in total. The summed E-state index contributed by atoms with van der Waals surface area (Å²) in [7, 11) is 3.30. The quantitative estimate of drug-likeness (QED) is 0.828. The number of methoxy groups -OCH3 is 1. The molecule has 0 bridgehead atoms. The average molecular weight is 270 g/mol. The molecular formula is C14H20ClNO2. The fourth-order valence-corrected chi connectivity index (χ4v) is 3.01. The molecule has 1 aromatic carbocycles. The van der Waals surface area contributed by atoms with Crippen molar-refractivity contribution in [1.29, 1.82) is 0 Å². The van der Waals surface area contributed by atoms with Crippen LogP contribution in [0, 0.1) is 0 Å². The van der Waals surface area contributed by atoms with E-state index < -0.39 is 0 Å². The lowest BCUT2D eigenvalue weighted by Gasteiger charge is -2.17. The zero-order chi connectivity index (χ0) is 13.0. The van der Waals surface area contributed by atoms with E-state index in [0.717, 1.165) is 11.3 Å². The number of hydrogen-bond acceptors (Lipinski definition) is 3. The summed E-state index contributed by atoms with van der Waals surface area (Å²) in [4.78, 5) is 4.88. The van der Waals surface area contributed by atoms with Crippen LogP contribution in [0.2, 0.25) is 5.02 Å². The van der Waals surface area contributed by atoms with Crippen molar-refractivity contribution in [3.63, 3.8) is 0 Å². The fraction of sp³-hybridized carbons (Fsp3) is 0.571. The Morgan fingerprint density at radius 3 is 2.61 bits per heavy atom. The van der Waals surface area contributed by atoms with Crippen molar-refractivity contribution in [1.82, 2.24) is 5.48 Å². The molecule has 2 rings (SSSR count). The lowest BCUT2D eigenvalue weighted by atomic mass is 9.95. The normalized spacial score (nSPS) is 16.2. The van der Waals surface area contributed by atoms with Gasteiger partial charge in [0, 0.05) is 6.54 Å². The van der Waals surface area contributed by atoms with Gasteiger partial charge in [-0.25, -0.2) is 0 Å². The molecule has 0 saturated heterocycles. The minimum absolute atomic E-state index is 0.583. The van der Waals surface area contributed by atoms with Gasteiger partial charge in [0.1, 0.15) is 5.75 Å². The van der Waals surface area contributed by atoms with Crippen molar-refractivity contribution in [3.05, 3.63) is 28.3 Å². The second kappa shape index (κ2) is 6.41. The molecule has 1 fully saturated rings. The Hall–Kier alpha value is -0.770. The zero-order valence-corrected chi connectivity index (χ0v) is 11.7. The summed E-state index contributed by atoms with van der Waals surface area (Å²) in [6.45, 7) is 0.653. The van der Waals surface area contributed by atoms with Gasteiger partial charge < -0.3 is 9.57 Å². The lowest BCUT2D eigenvalue weighted by Crippen LogP contribution is -2.11. The van der Waals surface area contributed by atoms with E-state index in [1.807, 2.05) is 6.07 Å².